The maximum Gasteiger partial charge on any atom is 0.323 e. The molecule has 1 aliphatic heterocycles. The molecular formula is C11H10N2O4S. The Balaban J connectivity index is 2.26. The van der Waals surface area contributed by atoms with E-state index in [0.29, 0.717) is 0 Å². The third-order valence-electron chi connectivity index (χ3n) is 2.56. The van der Waals surface area contributed by atoms with Gasteiger partial charge in [-0.1, -0.05) is 12.1 Å². The highest BCUT2D eigenvalue weighted by Gasteiger charge is 2.37. The van der Waals surface area contributed by atoms with Gasteiger partial charge in [-0.2, -0.15) is 12.6 Å². The summed E-state index contributed by atoms with van der Waals surface area (Å²) in [6, 6.07) is 5.22. The Kier molecular flexibility index (Phi) is 3.35. The van der Waals surface area contributed by atoms with Crippen molar-refractivity contribution in [2.45, 2.75) is 6.04 Å². The largest absolute Gasteiger partial charge is 0.480 e. The van der Waals surface area contributed by atoms with E-state index in [1.165, 1.54) is 12.1 Å². The monoisotopic (exact) mass is 266 g/mol. The number of hydrazine groups is 1. The van der Waals surface area contributed by atoms with Gasteiger partial charge >= 0.3 is 5.97 Å². The van der Waals surface area contributed by atoms with Crippen LogP contribution < -0.4 is 5.43 Å². The van der Waals surface area contributed by atoms with Crippen LogP contribution in [-0.2, 0) is 4.79 Å². The van der Waals surface area contributed by atoms with E-state index < -0.39 is 23.8 Å². The van der Waals surface area contributed by atoms with Crippen LogP contribution in [0.2, 0.25) is 0 Å². The van der Waals surface area contributed by atoms with Gasteiger partial charge in [-0.25, -0.2) is 10.4 Å². The van der Waals surface area contributed by atoms with Crippen molar-refractivity contribution in [3.05, 3.63) is 35.4 Å². The highest BCUT2D eigenvalue weighted by atomic mass is 32.1. The fourth-order valence-corrected chi connectivity index (χ4v) is 1.87. The third-order valence-corrected chi connectivity index (χ3v) is 2.92. The molecule has 1 heterocycles. The molecule has 0 saturated heterocycles. The van der Waals surface area contributed by atoms with Gasteiger partial charge in [0.15, 0.2) is 0 Å². The van der Waals surface area contributed by atoms with Crippen molar-refractivity contribution in [1.82, 2.24) is 10.4 Å². The van der Waals surface area contributed by atoms with E-state index in [1.807, 2.05) is 0 Å². The summed E-state index contributed by atoms with van der Waals surface area (Å²) >= 11 is 3.86. The number of hydrogen-bond acceptors (Lipinski definition) is 5. The molecule has 6 nitrogen and oxygen atoms in total. The first-order valence-corrected chi connectivity index (χ1v) is 5.77. The number of carboxylic acid groups (broad SMARTS) is 1. The SMILES string of the molecule is O=C(O)[C@H](CS)NN1C(=O)c2ccccc2C1=O. The number of fused-ring (bicyclic) bond motifs is 1. The second-order valence-electron chi connectivity index (χ2n) is 3.69. The van der Waals surface area contributed by atoms with Gasteiger partial charge in [0.1, 0.15) is 6.04 Å². The maximum absolute atomic E-state index is 11.9. The summed E-state index contributed by atoms with van der Waals surface area (Å²) < 4.78 is 0. The van der Waals surface area contributed by atoms with E-state index >= 15 is 0 Å². The van der Waals surface area contributed by atoms with Crippen LogP contribution in [0.15, 0.2) is 24.3 Å². The van der Waals surface area contributed by atoms with Gasteiger partial charge in [-0.05, 0) is 12.1 Å². The minimum atomic E-state index is -1.18. The second-order valence-corrected chi connectivity index (χ2v) is 4.06. The van der Waals surface area contributed by atoms with Crippen molar-refractivity contribution < 1.29 is 19.5 Å². The molecule has 0 bridgehead atoms. The molecule has 0 aromatic heterocycles. The summed E-state index contributed by atoms with van der Waals surface area (Å²) in [6.07, 6.45) is 0. The molecule has 1 aliphatic rings. The number of nitrogens with zero attached hydrogens (tertiary/aromatic N) is 1. The summed E-state index contributed by atoms with van der Waals surface area (Å²) in [4.78, 5) is 34.7. The smallest absolute Gasteiger partial charge is 0.323 e. The zero-order valence-corrected chi connectivity index (χ0v) is 10.1. The molecule has 0 radical (unpaired) electrons. The predicted molar refractivity (Wildman–Crippen MR) is 65.4 cm³/mol. The number of carbonyl (C=O) groups excluding carboxylic acids is 2. The van der Waals surface area contributed by atoms with Crippen LogP contribution in [-0.4, -0.2) is 39.7 Å². The standard InChI is InChI=1S/C11H10N2O4S/c14-9-6-3-1-2-4-7(6)10(15)13(9)12-8(5-18)11(16)17/h1-4,8,12,18H,5H2,(H,16,17)/t8-/m0/s1. The van der Waals surface area contributed by atoms with E-state index in [4.69, 9.17) is 5.11 Å². The number of rotatable bonds is 4. The molecule has 1 atom stereocenters. The lowest BCUT2D eigenvalue weighted by molar-refractivity contribution is -0.139. The van der Waals surface area contributed by atoms with Crippen LogP contribution in [0.5, 0.6) is 0 Å². The average molecular weight is 266 g/mol. The van der Waals surface area contributed by atoms with Gasteiger partial charge in [0.2, 0.25) is 0 Å². The molecule has 2 N–H and O–H groups in total. The minimum Gasteiger partial charge on any atom is -0.480 e. The molecular weight excluding hydrogens is 256 g/mol. The molecule has 1 aromatic carbocycles. The number of carboxylic acids is 1. The Morgan fingerprint density at radius 1 is 1.28 bits per heavy atom. The second kappa shape index (κ2) is 4.79. The zero-order chi connectivity index (χ0) is 13.3. The van der Waals surface area contributed by atoms with Crippen LogP contribution in [0.4, 0.5) is 0 Å². The molecule has 18 heavy (non-hydrogen) atoms. The van der Waals surface area contributed by atoms with Crippen molar-refractivity contribution in [2.24, 2.45) is 0 Å². The first-order chi connectivity index (χ1) is 8.56. The number of benzene rings is 1. The Morgan fingerprint density at radius 3 is 2.17 bits per heavy atom. The highest BCUT2D eigenvalue weighted by molar-refractivity contribution is 7.80. The van der Waals surface area contributed by atoms with E-state index in [0.717, 1.165) is 5.01 Å². The fourth-order valence-electron chi connectivity index (χ4n) is 1.64. The molecule has 2 rings (SSSR count). The molecule has 0 aliphatic carbocycles. The number of hydrogen-bond donors (Lipinski definition) is 3. The average Bonchev–Trinajstić information content (AvgIpc) is 2.60. The molecule has 7 heteroatoms. The first kappa shape index (κ1) is 12.6. The maximum atomic E-state index is 11.9. The Labute approximate surface area is 108 Å². The van der Waals surface area contributed by atoms with Crippen LogP contribution in [0, 0.1) is 0 Å². The van der Waals surface area contributed by atoms with Crippen LogP contribution in [0.1, 0.15) is 20.7 Å². The van der Waals surface area contributed by atoms with Crippen molar-refractivity contribution in [1.29, 1.82) is 0 Å². The Bertz CT molecular complexity index is 497. The molecule has 2 amide bonds. The van der Waals surface area contributed by atoms with E-state index in [-0.39, 0.29) is 16.9 Å². The highest BCUT2D eigenvalue weighted by Crippen LogP contribution is 2.20. The van der Waals surface area contributed by atoms with Gasteiger partial charge in [-0.3, -0.25) is 14.4 Å². The summed E-state index contributed by atoms with van der Waals surface area (Å²) in [5.74, 6) is -2.32. The van der Waals surface area contributed by atoms with Gasteiger partial charge in [0, 0.05) is 5.75 Å². The lowest BCUT2D eigenvalue weighted by Gasteiger charge is -2.19. The van der Waals surface area contributed by atoms with Crippen LogP contribution in [0.3, 0.4) is 0 Å². The number of aliphatic carboxylic acids is 1. The van der Waals surface area contributed by atoms with Crippen LogP contribution >= 0.6 is 12.6 Å². The van der Waals surface area contributed by atoms with Gasteiger partial charge in [-0.15, -0.1) is 0 Å². The Morgan fingerprint density at radius 2 is 1.78 bits per heavy atom. The molecule has 1 aromatic rings. The summed E-state index contributed by atoms with van der Waals surface area (Å²) in [6.45, 7) is 0. The fraction of sp³-hybridized carbons (Fsp3) is 0.182. The lowest BCUT2D eigenvalue weighted by Crippen LogP contribution is -2.52. The minimum absolute atomic E-state index is 0.0389. The molecule has 94 valence electrons. The lowest BCUT2D eigenvalue weighted by atomic mass is 10.1. The van der Waals surface area contributed by atoms with E-state index in [9.17, 15) is 14.4 Å². The number of imide groups is 1. The zero-order valence-electron chi connectivity index (χ0n) is 9.16. The van der Waals surface area contributed by atoms with E-state index in [1.54, 1.807) is 12.1 Å². The number of amides is 2. The van der Waals surface area contributed by atoms with Crippen molar-refractivity contribution >= 4 is 30.4 Å². The normalized spacial score (nSPS) is 15.7. The number of thiol groups is 1. The predicted octanol–water partition coefficient (Wildman–Crippen LogP) is 0.170. The van der Waals surface area contributed by atoms with Gasteiger partial charge < -0.3 is 5.11 Å². The van der Waals surface area contributed by atoms with Gasteiger partial charge in [0.05, 0.1) is 11.1 Å². The number of carbonyl (C=O) groups is 3. The molecule has 0 fully saturated rings. The first-order valence-electron chi connectivity index (χ1n) is 5.14. The van der Waals surface area contributed by atoms with E-state index in [2.05, 4.69) is 18.1 Å². The van der Waals surface area contributed by atoms with Gasteiger partial charge in [0.25, 0.3) is 11.8 Å². The molecule has 0 spiro atoms. The topological polar surface area (TPSA) is 86.7 Å². The van der Waals surface area contributed by atoms with Crippen molar-refractivity contribution in [2.75, 3.05) is 5.75 Å². The molecule has 0 saturated carbocycles. The molecule has 0 unspecified atom stereocenters. The quantitative estimate of drug-likeness (QED) is 0.534. The van der Waals surface area contributed by atoms with Crippen molar-refractivity contribution in [3.63, 3.8) is 0 Å². The van der Waals surface area contributed by atoms with Crippen molar-refractivity contribution in [3.8, 4) is 0 Å². The Hall–Kier alpha value is -1.86. The van der Waals surface area contributed by atoms with Crippen LogP contribution in [0.25, 0.3) is 0 Å². The summed E-state index contributed by atoms with van der Waals surface area (Å²) in [7, 11) is 0. The summed E-state index contributed by atoms with van der Waals surface area (Å²) in [5, 5.41) is 9.58. The number of nitrogens with one attached hydrogen (secondary N) is 1. The third kappa shape index (κ3) is 1.98. The summed E-state index contributed by atoms with van der Waals surface area (Å²) in [5.41, 5.74) is 2.89.